The number of rotatable bonds is 4. The van der Waals surface area contributed by atoms with E-state index in [4.69, 9.17) is 4.74 Å². The van der Waals surface area contributed by atoms with Gasteiger partial charge in [0.25, 0.3) is 0 Å². The second-order valence-electron chi connectivity index (χ2n) is 7.56. The number of hydrogen-bond donors (Lipinski definition) is 4. The van der Waals surface area contributed by atoms with Crippen molar-refractivity contribution in [1.29, 1.82) is 0 Å². The van der Waals surface area contributed by atoms with Crippen LogP contribution in [0, 0.1) is 12.7 Å². The molecule has 1 aromatic heterocycles. The van der Waals surface area contributed by atoms with Gasteiger partial charge in [0, 0.05) is 28.0 Å². The molecule has 0 spiro atoms. The Kier molecular flexibility index (Phi) is 5.59. The largest absolute Gasteiger partial charge is 0.508 e. The van der Waals surface area contributed by atoms with Gasteiger partial charge in [0.2, 0.25) is 0 Å². The van der Waals surface area contributed by atoms with E-state index in [1.165, 1.54) is 12.1 Å². The Bertz CT molecular complexity index is 1030. The predicted molar refractivity (Wildman–Crippen MR) is 109 cm³/mol. The molecule has 4 rings (SSSR count). The number of hydrogen-bond acceptors (Lipinski definition) is 6. The van der Waals surface area contributed by atoms with Crippen LogP contribution in [0.3, 0.4) is 0 Å². The minimum absolute atomic E-state index is 0.0282. The number of fused-ring (bicyclic) bond motifs is 1. The van der Waals surface area contributed by atoms with Gasteiger partial charge in [0.05, 0.1) is 18.8 Å². The lowest BCUT2D eigenvalue weighted by Gasteiger charge is -2.37. The lowest BCUT2D eigenvalue weighted by molar-refractivity contribution is -0.180. The molecule has 0 aliphatic carbocycles. The van der Waals surface area contributed by atoms with Crippen molar-refractivity contribution in [2.45, 2.75) is 44.2 Å². The summed E-state index contributed by atoms with van der Waals surface area (Å²) in [6.45, 7) is 1.60. The number of halogens is 1. The summed E-state index contributed by atoms with van der Waals surface area (Å²) in [6, 6.07) is 10.0. The minimum atomic E-state index is -1.20. The standard InChI is InChI=1S/C22H23FO5S/c1-11-4-18(25)17(22-21(27)19(26)9-15(10-24)28-22)8-12(11)6-16-7-13-5-14(23)2-3-20(13)29-16/h2-5,7-8,15,19,21-22,24-27H,6,9-10H2,1H3. The summed E-state index contributed by atoms with van der Waals surface area (Å²) in [5.74, 6) is -0.301. The highest BCUT2D eigenvalue weighted by atomic mass is 32.1. The number of aliphatic hydroxyl groups is 3. The van der Waals surface area contributed by atoms with Crippen LogP contribution >= 0.6 is 11.3 Å². The average Bonchev–Trinajstić information content (AvgIpc) is 3.07. The normalized spacial score (nSPS) is 24.9. The van der Waals surface area contributed by atoms with E-state index in [1.54, 1.807) is 29.5 Å². The first-order valence-electron chi connectivity index (χ1n) is 9.48. The zero-order valence-electron chi connectivity index (χ0n) is 15.9. The Morgan fingerprint density at radius 3 is 2.72 bits per heavy atom. The molecule has 154 valence electrons. The topological polar surface area (TPSA) is 90.2 Å². The average molecular weight is 418 g/mol. The number of aryl methyl sites for hydroxylation is 1. The minimum Gasteiger partial charge on any atom is -0.508 e. The van der Waals surface area contributed by atoms with Crippen molar-refractivity contribution in [3.8, 4) is 5.75 Å². The first-order chi connectivity index (χ1) is 13.9. The van der Waals surface area contributed by atoms with Gasteiger partial charge in [0.1, 0.15) is 23.8 Å². The summed E-state index contributed by atoms with van der Waals surface area (Å²) >= 11 is 1.58. The molecule has 0 radical (unpaired) electrons. The molecule has 29 heavy (non-hydrogen) atoms. The predicted octanol–water partition coefficient (Wildman–Crippen LogP) is 3.19. The van der Waals surface area contributed by atoms with Crippen LogP contribution in [0.4, 0.5) is 4.39 Å². The fourth-order valence-electron chi connectivity index (χ4n) is 3.85. The van der Waals surface area contributed by atoms with E-state index in [9.17, 15) is 24.8 Å². The second kappa shape index (κ2) is 8.01. The number of phenols is 1. The third-order valence-corrected chi connectivity index (χ3v) is 6.55. The highest BCUT2D eigenvalue weighted by molar-refractivity contribution is 7.19. The first-order valence-corrected chi connectivity index (χ1v) is 10.3. The smallest absolute Gasteiger partial charge is 0.123 e. The van der Waals surface area contributed by atoms with Gasteiger partial charge in [-0.1, -0.05) is 0 Å². The van der Waals surface area contributed by atoms with Crippen molar-refractivity contribution < 1.29 is 29.6 Å². The summed E-state index contributed by atoms with van der Waals surface area (Å²) < 4.78 is 20.2. The third kappa shape index (κ3) is 4.01. The number of thiophene rings is 1. The number of phenolic OH excluding ortho intramolecular Hbond substituents is 1. The molecular formula is C22H23FO5S. The summed E-state index contributed by atoms with van der Waals surface area (Å²) in [5, 5.41) is 41.2. The van der Waals surface area contributed by atoms with E-state index in [-0.39, 0.29) is 24.6 Å². The Labute approximate surface area is 171 Å². The Hall–Kier alpha value is -2.03. The van der Waals surface area contributed by atoms with Gasteiger partial charge in [-0.15, -0.1) is 11.3 Å². The molecule has 4 N–H and O–H groups in total. The summed E-state index contributed by atoms with van der Waals surface area (Å²) in [4.78, 5) is 1.05. The fourth-order valence-corrected chi connectivity index (χ4v) is 4.92. The maximum Gasteiger partial charge on any atom is 0.123 e. The molecule has 4 atom stereocenters. The van der Waals surface area contributed by atoms with Crippen molar-refractivity contribution >= 4 is 21.4 Å². The monoisotopic (exact) mass is 418 g/mol. The van der Waals surface area contributed by atoms with E-state index in [2.05, 4.69) is 0 Å². The molecule has 1 saturated heterocycles. The highest BCUT2D eigenvalue weighted by Gasteiger charge is 2.38. The zero-order chi connectivity index (χ0) is 20.7. The molecule has 7 heteroatoms. The van der Waals surface area contributed by atoms with Crippen LogP contribution < -0.4 is 0 Å². The Balaban J connectivity index is 1.67. The molecule has 1 fully saturated rings. The Morgan fingerprint density at radius 2 is 1.97 bits per heavy atom. The maximum atomic E-state index is 13.5. The highest BCUT2D eigenvalue weighted by Crippen LogP contribution is 2.38. The summed E-state index contributed by atoms with van der Waals surface area (Å²) in [7, 11) is 0. The van der Waals surface area contributed by atoms with Crippen molar-refractivity contribution in [2.24, 2.45) is 0 Å². The summed E-state index contributed by atoms with van der Waals surface area (Å²) in [6.07, 6.45) is -3.09. The molecule has 1 aliphatic rings. The van der Waals surface area contributed by atoms with Crippen LogP contribution in [0.1, 0.15) is 34.1 Å². The van der Waals surface area contributed by atoms with E-state index >= 15 is 0 Å². The van der Waals surface area contributed by atoms with Crippen LogP contribution in [-0.2, 0) is 11.2 Å². The van der Waals surface area contributed by atoms with Gasteiger partial charge in [-0.05, 0) is 59.8 Å². The SMILES string of the molecule is Cc1cc(O)c(C2OC(CO)CC(O)C2O)cc1Cc1cc2cc(F)ccc2s1. The molecule has 3 aromatic rings. The lowest BCUT2D eigenvalue weighted by atomic mass is 9.90. The summed E-state index contributed by atoms with van der Waals surface area (Å²) in [5.41, 5.74) is 2.18. The van der Waals surface area contributed by atoms with Crippen molar-refractivity contribution in [3.05, 3.63) is 63.8 Å². The van der Waals surface area contributed by atoms with E-state index in [0.29, 0.717) is 12.0 Å². The molecular weight excluding hydrogens is 395 g/mol. The molecule has 1 aliphatic heterocycles. The lowest BCUT2D eigenvalue weighted by Crippen LogP contribution is -2.44. The molecule has 2 aromatic carbocycles. The number of benzene rings is 2. The van der Waals surface area contributed by atoms with Crippen LogP contribution in [-0.4, -0.2) is 45.3 Å². The van der Waals surface area contributed by atoms with E-state index in [0.717, 1.165) is 26.1 Å². The Morgan fingerprint density at radius 1 is 1.17 bits per heavy atom. The van der Waals surface area contributed by atoms with E-state index in [1.807, 2.05) is 13.0 Å². The van der Waals surface area contributed by atoms with Gasteiger partial charge in [-0.3, -0.25) is 0 Å². The van der Waals surface area contributed by atoms with Gasteiger partial charge < -0.3 is 25.2 Å². The van der Waals surface area contributed by atoms with Crippen molar-refractivity contribution in [1.82, 2.24) is 0 Å². The second-order valence-corrected chi connectivity index (χ2v) is 8.73. The van der Waals surface area contributed by atoms with Gasteiger partial charge >= 0.3 is 0 Å². The quantitative estimate of drug-likeness (QED) is 0.523. The van der Waals surface area contributed by atoms with E-state index < -0.39 is 24.4 Å². The van der Waals surface area contributed by atoms with Crippen LogP contribution in [0.5, 0.6) is 5.75 Å². The molecule has 0 amide bonds. The molecule has 0 saturated carbocycles. The van der Waals surface area contributed by atoms with Crippen LogP contribution in [0.15, 0.2) is 36.4 Å². The first kappa shape index (κ1) is 20.3. The molecule has 5 nitrogen and oxygen atoms in total. The van der Waals surface area contributed by atoms with Gasteiger partial charge in [0.15, 0.2) is 0 Å². The van der Waals surface area contributed by atoms with Crippen LogP contribution in [0.25, 0.3) is 10.1 Å². The molecule has 4 unspecified atom stereocenters. The van der Waals surface area contributed by atoms with Gasteiger partial charge in [-0.25, -0.2) is 4.39 Å². The number of ether oxygens (including phenoxy) is 1. The van der Waals surface area contributed by atoms with Crippen LogP contribution in [0.2, 0.25) is 0 Å². The fraction of sp³-hybridized carbons (Fsp3) is 0.364. The zero-order valence-corrected chi connectivity index (χ0v) is 16.7. The molecule has 0 bridgehead atoms. The molecule has 2 heterocycles. The van der Waals surface area contributed by atoms with Gasteiger partial charge in [-0.2, -0.15) is 0 Å². The maximum absolute atomic E-state index is 13.5. The number of aromatic hydroxyl groups is 1. The van der Waals surface area contributed by atoms with Crippen molar-refractivity contribution in [3.63, 3.8) is 0 Å². The van der Waals surface area contributed by atoms with Crippen molar-refractivity contribution in [2.75, 3.05) is 6.61 Å². The number of aliphatic hydroxyl groups excluding tert-OH is 3. The third-order valence-electron chi connectivity index (χ3n) is 5.44.